The van der Waals surface area contributed by atoms with Crippen molar-refractivity contribution in [3.05, 3.63) is 66.7 Å². The van der Waals surface area contributed by atoms with Crippen molar-refractivity contribution in [2.45, 2.75) is 59.1 Å². The van der Waals surface area contributed by atoms with Crippen molar-refractivity contribution in [3.8, 4) is 0 Å². The number of carbonyl (C=O) groups excluding carboxylic acids is 1. The maximum Gasteiger partial charge on any atom is 0.481 e. The number of phosphoric acid groups is 2. The van der Waals surface area contributed by atoms with Crippen LogP contribution in [0.1, 0.15) is 22.8 Å². The summed E-state index contributed by atoms with van der Waals surface area (Å²) in [6, 6.07) is 11.9. The lowest BCUT2D eigenvalue weighted by Crippen LogP contribution is -2.46. The van der Waals surface area contributed by atoms with E-state index in [1.54, 1.807) is 24.3 Å². The Hall–Kier alpha value is -3.44. The molecule has 0 bridgehead atoms. The van der Waals surface area contributed by atoms with Crippen molar-refractivity contribution >= 4 is 50.3 Å². The lowest BCUT2D eigenvalue weighted by Gasteiger charge is -2.20. The minimum atomic E-state index is -5.43. The fraction of sp³-hybridized carbons (Fsp3) is 0.370. The summed E-state index contributed by atoms with van der Waals surface area (Å²) in [7, 11) is -10.8. The molecule has 6 rings (SSSR count). The Labute approximate surface area is 291 Å². The van der Waals surface area contributed by atoms with Crippen LogP contribution in [0.2, 0.25) is 0 Å². The van der Waals surface area contributed by atoms with Gasteiger partial charge in [-0.15, -0.1) is 0 Å². The van der Waals surface area contributed by atoms with Gasteiger partial charge in [0.25, 0.3) is 12.1 Å². The highest BCUT2D eigenvalue weighted by molar-refractivity contribution is 7.99. The minimum Gasteiger partial charge on any atom is -0.387 e. The maximum absolute atomic E-state index is 12.7. The molecule has 2 aliphatic rings. The average molecular weight is 773 g/mol. The van der Waals surface area contributed by atoms with E-state index >= 15 is 0 Å². The molecule has 3 aromatic heterocycles. The fourth-order valence-electron chi connectivity index (χ4n) is 5.30. The van der Waals surface area contributed by atoms with E-state index in [1.807, 2.05) is 6.07 Å². The van der Waals surface area contributed by atoms with Gasteiger partial charge in [0.15, 0.2) is 46.9 Å². The molecule has 51 heavy (non-hydrogen) atoms. The molecule has 274 valence electrons. The third-order valence-corrected chi connectivity index (χ3v) is 11.3. The van der Waals surface area contributed by atoms with Crippen LogP contribution in [0.4, 0.5) is 5.82 Å². The molecule has 21 nitrogen and oxygen atoms in total. The third kappa shape index (κ3) is 8.14. The molecule has 1 aromatic carbocycles. The topological polar surface area (TPSA) is 318 Å². The van der Waals surface area contributed by atoms with Crippen molar-refractivity contribution in [2.24, 2.45) is 5.73 Å². The van der Waals surface area contributed by atoms with E-state index in [2.05, 4.69) is 19.3 Å². The van der Waals surface area contributed by atoms with Crippen LogP contribution < -0.4 is 16.0 Å². The lowest BCUT2D eigenvalue weighted by atomic mass is 10.1. The number of primary amides is 1. The zero-order valence-corrected chi connectivity index (χ0v) is 28.6. The van der Waals surface area contributed by atoms with Crippen LogP contribution in [0.5, 0.6) is 0 Å². The van der Waals surface area contributed by atoms with Gasteiger partial charge in [-0.1, -0.05) is 30.0 Å². The molecule has 2 saturated heterocycles. The van der Waals surface area contributed by atoms with Gasteiger partial charge in [-0.2, -0.15) is 8.88 Å². The molecule has 4 unspecified atom stereocenters. The summed E-state index contributed by atoms with van der Waals surface area (Å²) < 4.78 is 53.2. The molecular formula is C27H32N7O14P2S+. The molecule has 2 aliphatic heterocycles. The van der Waals surface area contributed by atoms with Crippen LogP contribution in [0.3, 0.4) is 0 Å². The molecule has 0 radical (unpaired) electrons. The van der Waals surface area contributed by atoms with E-state index in [4.69, 9.17) is 30.0 Å². The highest BCUT2D eigenvalue weighted by atomic mass is 32.2. The smallest absolute Gasteiger partial charge is 0.387 e. The van der Waals surface area contributed by atoms with Gasteiger partial charge >= 0.3 is 15.6 Å². The van der Waals surface area contributed by atoms with Crippen LogP contribution in [0.15, 0.2) is 71.2 Å². The van der Waals surface area contributed by atoms with Gasteiger partial charge in [-0.3, -0.25) is 18.4 Å². The number of phosphoric ester groups is 2. The van der Waals surface area contributed by atoms with Crippen molar-refractivity contribution < 1.29 is 71.5 Å². The Morgan fingerprint density at radius 3 is 2.24 bits per heavy atom. The number of carbonyl (C=O) groups is 1. The Bertz CT molecular complexity index is 2000. The summed E-state index contributed by atoms with van der Waals surface area (Å²) in [6.45, 7) is -1.83. The first-order valence-electron chi connectivity index (χ1n) is 14.9. The molecule has 10 atom stereocenters. The number of aliphatic hydroxyl groups excluding tert-OH is 4. The number of rotatable bonds is 13. The van der Waals surface area contributed by atoms with Gasteiger partial charge in [-0.05, 0) is 18.2 Å². The van der Waals surface area contributed by atoms with Crippen LogP contribution in [-0.4, -0.2) is 105 Å². The normalized spacial score (nSPS) is 28.8. The van der Waals surface area contributed by atoms with Crippen LogP contribution in [0, 0.1) is 0 Å². The van der Waals surface area contributed by atoms with Gasteiger partial charge in [0.1, 0.15) is 42.4 Å². The molecule has 5 heterocycles. The highest BCUT2D eigenvalue weighted by Gasteiger charge is 2.50. The fourth-order valence-corrected chi connectivity index (χ4v) is 8.33. The Kier molecular flexibility index (Phi) is 10.9. The number of aromatic nitrogens is 5. The van der Waals surface area contributed by atoms with E-state index in [9.17, 15) is 44.1 Å². The van der Waals surface area contributed by atoms with Gasteiger partial charge in [0.05, 0.1) is 13.2 Å². The van der Waals surface area contributed by atoms with E-state index in [0.29, 0.717) is 0 Å². The summed E-state index contributed by atoms with van der Waals surface area (Å²) in [5, 5.41) is 42.9. The largest absolute Gasteiger partial charge is 0.481 e. The standard InChI is InChI=1S/C27H31N7O14P2S/c28-22-17-24(31-12-30-22)34(27(32-17)51-14-6-2-1-3-7-14)26-21(38)19(36)16(47-26)11-45-50(42,43)48-49(40,41)44-10-15-18(35)20(37)25(46-15)33-8-4-5-13(9-33)23(29)39/h1-9,12,15-16,18-21,25-26,35-38H,10-11H2,(H5-,28,29,30,31,39,40,41,42,43)/p+1/t15-,16+,18+,19?,20?,21-,25-,26+/m0/s1. The van der Waals surface area contributed by atoms with Gasteiger partial charge in [0, 0.05) is 11.0 Å². The number of fused-ring (bicyclic) bond motifs is 1. The Morgan fingerprint density at radius 2 is 1.57 bits per heavy atom. The second-order valence-electron chi connectivity index (χ2n) is 11.2. The van der Waals surface area contributed by atoms with Crippen molar-refractivity contribution in [1.82, 2.24) is 19.5 Å². The zero-order valence-electron chi connectivity index (χ0n) is 25.9. The van der Waals surface area contributed by atoms with Crippen LogP contribution >= 0.6 is 27.4 Å². The van der Waals surface area contributed by atoms with Gasteiger partial charge in [0.2, 0.25) is 0 Å². The van der Waals surface area contributed by atoms with E-state index in [0.717, 1.165) is 4.90 Å². The number of nitrogens with two attached hydrogens (primary N) is 2. The molecule has 2 fully saturated rings. The van der Waals surface area contributed by atoms with Crippen LogP contribution in [-0.2, 0) is 32.0 Å². The monoisotopic (exact) mass is 772 g/mol. The molecular weight excluding hydrogens is 740 g/mol. The molecule has 24 heteroatoms. The van der Waals surface area contributed by atoms with Crippen molar-refractivity contribution in [1.29, 1.82) is 0 Å². The Morgan fingerprint density at radius 1 is 0.922 bits per heavy atom. The number of hydrogen-bond acceptors (Lipinski definition) is 17. The first-order valence-corrected chi connectivity index (χ1v) is 18.7. The van der Waals surface area contributed by atoms with Gasteiger partial charge < -0.3 is 51.2 Å². The molecule has 0 aliphatic carbocycles. The predicted molar refractivity (Wildman–Crippen MR) is 170 cm³/mol. The second-order valence-corrected chi connectivity index (χ2v) is 15.3. The van der Waals surface area contributed by atoms with Crippen molar-refractivity contribution in [3.63, 3.8) is 0 Å². The van der Waals surface area contributed by atoms with E-state index in [-0.39, 0.29) is 27.7 Å². The molecule has 0 spiro atoms. The SMILES string of the molecule is NC(=O)c1ccc[n+]([C@H]2O[C@@H](COP(=O)(O)OP(=O)(O)OC[C@H]3O[C@@H](n4c(Sc5ccccc5)nc5c(N)ncnc54)[C@@H](O)C3O)[C@@H](O)C2O)c1. The summed E-state index contributed by atoms with van der Waals surface area (Å²) in [5.74, 6) is -0.731. The number of anilines is 1. The highest BCUT2D eigenvalue weighted by Crippen LogP contribution is 2.60. The zero-order chi connectivity index (χ0) is 36.7. The average Bonchev–Trinajstić information content (AvgIpc) is 3.69. The number of imidazole rings is 1. The summed E-state index contributed by atoms with van der Waals surface area (Å²) in [5.41, 5.74) is 11.7. The number of ether oxygens (including phenoxy) is 2. The summed E-state index contributed by atoms with van der Waals surface area (Å²) in [4.78, 5) is 45.3. The minimum absolute atomic E-state index is 0.0366. The van der Waals surface area contributed by atoms with Crippen molar-refractivity contribution in [2.75, 3.05) is 18.9 Å². The van der Waals surface area contributed by atoms with Gasteiger partial charge in [-0.25, -0.2) is 24.1 Å². The Balaban J connectivity index is 1.08. The quantitative estimate of drug-likeness (QED) is 0.0605. The summed E-state index contributed by atoms with van der Waals surface area (Å²) in [6.07, 6.45) is -8.34. The van der Waals surface area contributed by atoms with E-state index < -0.39 is 83.8 Å². The summed E-state index contributed by atoms with van der Waals surface area (Å²) >= 11 is 1.17. The number of benzene rings is 1. The molecule has 0 saturated carbocycles. The molecule has 1 amide bonds. The maximum atomic E-state index is 12.7. The number of pyridine rings is 1. The number of hydrogen-bond donors (Lipinski definition) is 8. The first-order chi connectivity index (χ1) is 24.1. The number of amides is 1. The van der Waals surface area contributed by atoms with Crippen LogP contribution in [0.25, 0.3) is 11.2 Å². The predicted octanol–water partition coefficient (Wildman–Crippen LogP) is -0.865. The second kappa shape index (κ2) is 14.9. The number of nitrogen functional groups attached to an aromatic ring is 1. The molecule has 10 N–H and O–H groups in total. The lowest BCUT2D eigenvalue weighted by molar-refractivity contribution is -0.765. The third-order valence-electron chi connectivity index (χ3n) is 7.76. The number of aliphatic hydroxyl groups is 4. The number of nitrogens with zero attached hydrogens (tertiary/aromatic N) is 5. The molecule has 4 aromatic rings. The first kappa shape index (κ1) is 37.3. The van der Waals surface area contributed by atoms with E-state index in [1.165, 1.54) is 51.7 Å².